The van der Waals surface area contributed by atoms with E-state index >= 15 is 0 Å². The van der Waals surface area contributed by atoms with Gasteiger partial charge in [0.05, 0.1) is 24.3 Å². The maximum Gasteiger partial charge on any atom is 0.337 e. The number of amides is 1. The number of halogens is 1. The number of aliphatic hydroxyl groups excluding tert-OH is 1. The summed E-state index contributed by atoms with van der Waals surface area (Å²) in [5, 5.41) is 20.0. The van der Waals surface area contributed by atoms with Crippen molar-refractivity contribution in [2.24, 2.45) is 0 Å². The molecule has 1 aromatic heterocycles. The number of nitrogens with zero attached hydrogens (tertiary/aromatic N) is 3. The summed E-state index contributed by atoms with van der Waals surface area (Å²) >= 11 is 2.32. The molecule has 0 aliphatic carbocycles. The number of hydrogen-bond donors (Lipinski definition) is 1. The lowest BCUT2D eigenvalue weighted by Gasteiger charge is -2.22. The lowest BCUT2D eigenvalue weighted by Crippen LogP contribution is -2.29. The molecule has 0 spiro atoms. The van der Waals surface area contributed by atoms with E-state index in [9.17, 15) is 23.9 Å². The number of Topliss-reactive ketones (excluding diaryl/α,β-unsaturated/α-hetero) is 1. The minimum Gasteiger partial charge on any atom is -0.507 e. The van der Waals surface area contributed by atoms with Crippen molar-refractivity contribution in [3.8, 4) is 5.75 Å². The van der Waals surface area contributed by atoms with Crippen LogP contribution in [0.25, 0.3) is 5.76 Å². The summed E-state index contributed by atoms with van der Waals surface area (Å²) in [6, 6.07) is 16.7. The molecule has 1 amide bonds. The Kier molecular flexibility index (Phi) is 7.72. The summed E-state index contributed by atoms with van der Waals surface area (Å²) in [5.41, 5.74) is 2.35. The zero-order valence-electron chi connectivity index (χ0n) is 22.9. The maximum atomic E-state index is 14.1. The molecule has 1 saturated heterocycles. The molecule has 0 saturated carbocycles. The lowest BCUT2D eigenvalue weighted by atomic mass is 9.94. The Morgan fingerprint density at radius 1 is 1.12 bits per heavy atom. The Hall–Kier alpha value is -4.55. The third-order valence-corrected chi connectivity index (χ3v) is 9.28. The van der Waals surface area contributed by atoms with E-state index in [1.54, 1.807) is 48.5 Å². The lowest BCUT2D eigenvalue weighted by molar-refractivity contribution is -0.132. The van der Waals surface area contributed by atoms with E-state index in [4.69, 9.17) is 9.47 Å². The number of anilines is 1. The molecule has 9 nitrogen and oxygen atoms in total. The van der Waals surface area contributed by atoms with Crippen molar-refractivity contribution < 1.29 is 33.4 Å². The van der Waals surface area contributed by atoms with Crippen molar-refractivity contribution >= 4 is 51.6 Å². The number of rotatable bonds is 7. The summed E-state index contributed by atoms with van der Waals surface area (Å²) in [6.45, 7) is 1.94. The van der Waals surface area contributed by atoms with E-state index in [1.807, 2.05) is 6.92 Å². The second-order valence-corrected chi connectivity index (χ2v) is 12.1. The molecule has 4 aromatic rings. The summed E-state index contributed by atoms with van der Waals surface area (Å²) in [6.07, 6.45) is 0.621. The molecule has 6 rings (SSSR count). The fraction of sp³-hybridized carbons (Fsp3) is 0.194. The van der Waals surface area contributed by atoms with Gasteiger partial charge in [-0.05, 0) is 60.0 Å². The molecule has 0 radical (unpaired) electrons. The molecule has 218 valence electrons. The Balaban J connectivity index is 1.40. The van der Waals surface area contributed by atoms with Crippen LogP contribution in [0.3, 0.4) is 0 Å². The van der Waals surface area contributed by atoms with Gasteiger partial charge in [0, 0.05) is 17.7 Å². The molecule has 12 heteroatoms. The first-order chi connectivity index (χ1) is 20.7. The molecule has 2 aliphatic heterocycles. The number of aliphatic hydroxyl groups is 1. The highest BCUT2D eigenvalue weighted by Gasteiger charge is 2.48. The summed E-state index contributed by atoms with van der Waals surface area (Å²) in [4.78, 5) is 40.3. The van der Waals surface area contributed by atoms with Crippen LogP contribution in [0, 0.1) is 5.82 Å². The number of ketones is 1. The third-order valence-electron chi connectivity index (χ3n) is 7.17. The van der Waals surface area contributed by atoms with Crippen LogP contribution in [0.2, 0.25) is 0 Å². The molecule has 43 heavy (non-hydrogen) atoms. The predicted molar refractivity (Wildman–Crippen MR) is 159 cm³/mol. The highest BCUT2D eigenvalue weighted by Crippen LogP contribution is 2.44. The molecule has 1 fully saturated rings. The first-order valence-corrected chi connectivity index (χ1v) is 15.0. The number of esters is 1. The Morgan fingerprint density at radius 3 is 2.60 bits per heavy atom. The Bertz CT molecular complexity index is 1790. The van der Waals surface area contributed by atoms with E-state index in [0.717, 1.165) is 16.9 Å². The van der Waals surface area contributed by atoms with Gasteiger partial charge in [0.25, 0.3) is 5.78 Å². The van der Waals surface area contributed by atoms with Crippen molar-refractivity contribution in [2.45, 2.75) is 35.6 Å². The van der Waals surface area contributed by atoms with Gasteiger partial charge in [-0.1, -0.05) is 53.4 Å². The van der Waals surface area contributed by atoms with Crippen LogP contribution in [-0.4, -0.2) is 46.2 Å². The van der Waals surface area contributed by atoms with Gasteiger partial charge in [-0.3, -0.25) is 14.5 Å². The number of ether oxygens (including phenoxy) is 2. The molecule has 1 N–H and O–H groups in total. The average molecular weight is 618 g/mol. The van der Waals surface area contributed by atoms with Gasteiger partial charge in [0.15, 0.2) is 4.34 Å². The second kappa shape index (κ2) is 11.6. The van der Waals surface area contributed by atoms with Crippen LogP contribution in [0.1, 0.15) is 45.6 Å². The highest BCUT2D eigenvalue weighted by molar-refractivity contribution is 8.00. The number of benzene rings is 3. The number of hydrogen-bond acceptors (Lipinski definition) is 10. The number of methoxy groups -OCH3 is 1. The van der Waals surface area contributed by atoms with E-state index < -0.39 is 23.7 Å². The largest absolute Gasteiger partial charge is 0.507 e. The second-order valence-electron chi connectivity index (χ2n) is 9.97. The van der Waals surface area contributed by atoms with Crippen LogP contribution < -0.4 is 9.64 Å². The van der Waals surface area contributed by atoms with E-state index in [2.05, 4.69) is 10.2 Å². The third kappa shape index (κ3) is 5.39. The molecule has 2 atom stereocenters. The van der Waals surface area contributed by atoms with Crippen molar-refractivity contribution in [2.75, 3.05) is 12.0 Å². The molecule has 3 heterocycles. The van der Waals surface area contributed by atoms with Crippen LogP contribution in [0.5, 0.6) is 5.75 Å². The maximum absolute atomic E-state index is 14.1. The van der Waals surface area contributed by atoms with Crippen LogP contribution in [-0.2, 0) is 26.5 Å². The molecule has 0 unspecified atom stereocenters. The number of carbonyl (C=O) groups is 3. The van der Waals surface area contributed by atoms with Gasteiger partial charge in [-0.2, -0.15) is 0 Å². The van der Waals surface area contributed by atoms with Gasteiger partial charge >= 0.3 is 11.9 Å². The van der Waals surface area contributed by atoms with Crippen LogP contribution in [0.4, 0.5) is 9.52 Å². The fourth-order valence-corrected chi connectivity index (χ4v) is 6.96. The highest BCUT2D eigenvalue weighted by atomic mass is 32.2. The topological polar surface area (TPSA) is 119 Å². The van der Waals surface area contributed by atoms with Gasteiger partial charge in [-0.15, -0.1) is 10.2 Å². The van der Waals surface area contributed by atoms with Crippen molar-refractivity contribution in [1.29, 1.82) is 0 Å². The van der Waals surface area contributed by atoms with Gasteiger partial charge < -0.3 is 14.6 Å². The first-order valence-electron chi connectivity index (χ1n) is 13.2. The van der Waals surface area contributed by atoms with Gasteiger partial charge in [0.1, 0.15) is 23.4 Å². The van der Waals surface area contributed by atoms with Crippen LogP contribution in [0.15, 0.2) is 76.6 Å². The quantitative estimate of drug-likeness (QED) is 0.0695. The SMILES string of the molecule is COC(=O)c1ccc([C@H]2/C(=C(\O)c3ccc4c(c3)C[C@@H](C)O4)C(=O)C(=O)N2c2nnc(SCc3ccccc3F)s2)cc1. The van der Waals surface area contributed by atoms with E-state index in [1.165, 1.54) is 42.0 Å². The smallest absolute Gasteiger partial charge is 0.337 e. The zero-order chi connectivity index (χ0) is 30.2. The van der Waals surface area contributed by atoms with Crippen LogP contribution >= 0.6 is 23.1 Å². The predicted octanol–water partition coefficient (Wildman–Crippen LogP) is 5.71. The molecule has 0 bridgehead atoms. The van der Waals surface area contributed by atoms with Crippen molar-refractivity contribution in [3.63, 3.8) is 0 Å². The standard InChI is InChI=1S/C31H24FN3O6S2/c1-16-13-21-14-19(11-12-23(21)41-16)26(36)24-25(17-7-9-18(10-8-17)29(39)40-2)35(28(38)27(24)37)30-33-34-31(43-30)42-15-20-5-3-4-6-22(20)32/h3-12,14,16,25,36H,13,15H2,1-2H3/b26-24+/t16-,25+/m1/s1. The zero-order valence-corrected chi connectivity index (χ0v) is 24.6. The van der Waals surface area contributed by atoms with Gasteiger partial charge in [0.2, 0.25) is 5.13 Å². The normalized spacial score (nSPS) is 18.9. The number of thioether (sulfide) groups is 1. The molecular formula is C31H24FN3O6S2. The van der Waals surface area contributed by atoms with E-state index in [0.29, 0.717) is 39.0 Å². The number of fused-ring (bicyclic) bond motifs is 1. The summed E-state index contributed by atoms with van der Waals surface area (Å²) in [7, 11) is 1.27. The van der Waals surface area contributed by atoms with E-state index in [-0.39, 0.29) is 33.9 Å². The Morgan fingerprint density at radius 2 is 1.86 bits per heavy atom. The average Bonchev–Trinajstić information content (AvgIpc) is 3.70. The number of aromatic nitrogens is 2. The summed E-state index contributed by atoms with van der Waals surface area (Å²) in [5.74, 6) is -2.01. The monoisotopic (exact) mass is 617 g/mol. The molecule has 3 aromatic carbocycles. The fourth-order valence-electron chi connectivity index (χ4n) is 5.10. The van der Waals surface area contributed by atoms with Crippen molar-refractivity contribution in [3.05, 3.63) is 106 Å². The summed E-state index contributed by atoms with van der Waals surface area (Å²) < 4.78 is 25.2. The minimum atomic E-state index is -1.06. The number of carbonyl (C=O) groups excluding carboxylic acids is 3. The Labute approximate surface area is 254 Å². The minimum absolute atomic E-state index is 0.0193. The molecule has 2 aliphatic rings. The van der Waals surface area contributed by atoms with Gasteiger partial charge in [-0.25, -0.2) is 9.18 Å². The first kappa shape index (κ1) is 28.6. The molecular weight excluding hydrogens is 593 g/mol. The van der Waals surface area contributed by atoms with Crippen molar-refractivity contribution in [1.82, 2.24) is 10.2 Å².